The molecule has 2 aliphatic rings. The van der Waals surface area contributed by atoms with Gasteiger partial charge in [0.05, 0.1) is 6.26 Å². The van der Waals surface area contributed by atoms with Gasteiger partial charge in [0.2, 0.25) is 16.0 Å². The summed E-state index contributed by atoms with van der Waals surface area (Å²) in [6.45, 7) is 5.82. The Labute approximate surface area is 287 Å². The zero-order valence-electron chi connectivity index (χ0n) is 28.4. The first-order valence-electron chi connectivity index (χ1n) is 16.5. The number of piperidine rings is 1. The lowest BCUT2D eigenvalue weighted by Gasteiger charge is -2.32. The van der Waals surface area contributed by atoms with Gasteiger partial charge in [0.15, 0.2) is 0 Å². The molecule has 4 aromatic rings. The van der Waals surface area contributed by atoms with Gasteiger partial charge in [0.1, 0.15) is 5.65 Å². The highest BCUT2D eigenvalue weighted by atomic mass is 32.2. The highest BCUT2D eigenvalue weighted by Crippen LogP contribution is 2.34. The number of fused-ring (bicyclic) bond motifs is 1. The quantitative estimate of drug-likeness (QED) is 0.211. The fourth-order valence-corrected chi connectivity index (χ4v) is 8.67. The van der Waals surface area contributed by atoms with Crippen LogP contribution in [0.15, 0.2) is 64.4 Å². The molecule has 2 saturated heterocycles. The van der Waals surface area contributed by atoms with Crippen molar-refractivity contribution in [2.24, 2.45) is 0 Å². The van der Waals surface area contributed by atoms with Gasteiger partial charge in [-0.3, -0.25) is 9.36 Å². The molecule has 2 aliphatic heterocycles. The predicted octanol–water partition coefficient (Wildman–Crippen LogP) is 4.88. The number of hydrogen-bond donors (Lipinski definition) is 2. The van der Waals surface area contributed by atoms with Gasteiger partial charge < -0.3 is 20.4 Å². The number of likely N-dealkylation sites (N-methyl/N-ethyl adjacent to an activating group) is 1. The number of thioether (sulfide) groups is 1. The van der Waals surface area contributed by atoms with Crippen LogP contribution >= 0.6 is 11.8 Å². The maximum Gasteiger partial charge on any atom is 0.260 e. The van der Waals surface area contributed by atoms with Crippen LogP contribution in [0.4, 0.5) is 17.3 Å². The molecule has 48 heavy (non-hydrogen) atoms. The van der Waals surface area contributed by atoms with E-state index in [9.17, 15) is 13.2 Å². The van der Waals surface area contributed by atoms with E-state index < -0.39 is 10.0 Å². The third-order valence-corrected chi connectivity index (χ3v) is 11.5. The number of rotatable bonds is 11. The molecule has 0 spiro atoms. The van der Waals surface area contributed by atoms with Gasteiger partial charge in [-0.15, -0.1) is 11.8 Å². The number of nitrogens with one attached hydrogen (secondary N) is 2. The molecule has 1 unspecified atom stereocenters. The second-order valence-electron chi connectivity index (χ2n) is 13.3. The average molecular weight is 691 g/mol. The molecule has 0 aliphatic carbocycles. The fourth-order valence-electron chi connectivity index (χ4n) is 6.52. The molecule has 4 heterocycles. The third kappa shape index (κ3) is 8.03. The monoisotopic (exact) mass is 690 g/mol. The van der Waals surface area contributed by atoms with E-state index in [0.717, 1.165) is 64.6 Å². The number of hydrogen-bond acceptors (Lipinski definition) is 10. The van der Waals surface area contributed by atoms with Gasteiger partial charge in [-0.25, -0.2) is 17.7 Å². The summed E-state index contributed by atoms with van der Waals surface area (Å²) >= 11 is 1.75. The van der Waals surface area contributed by atoms with Crippen LogP contribution in [0.5, 0.6) is 0 Å². The molecule has 6 rings (SSSR count). The van der Waals surface area contributed by atoms with Gasteiger partial charge >= 0.3 is 0 Å². The van der Waals surface area contributed by atoms with Crippen molar-refractivity contribution in [3.63, 3.8) is 0 Å². The predicted molar refractivity (Wildman–Crippen MR) is 197 cm³/mol. The van der Waals surface area contributed by atoms with Gasteiger partial charge in [-0.05, 0) is 95.8 Å². The van der Waals surface area contributed by atoms with Crippen LogP contribution in [0, 0.1) is 6.92 Å². The van der Waals surface area contributed by atoms with E-state index >= 15 is 0 Å². The molecule has 2 aromatic heterocycles. The number of aromatic nitrogens is 3. The lowest BCUT2D eigenvalue weighted by molar-refractivity contribution is 0.275. The maximum atomic E-state index is 14.6. The Morgan fingerprint density at radius 3 is 2.38 bits per heavy atom. The van der Waals surface area contributed by atoms with E-state index in [4.69, 9.17) is 4.98 Å². The molecule has 0 saturated carbocycles. The topological polar surface area (TPSA) is 116 Å². The van der Waals surface area contributed by atoms with E-state index in [1.54, 1.807) is 22.5 Å². The van der Waals surface area contributed by atoms with Crippen molar-refractivity contribution in [3.8, 4) is 11.1 Å². The Balaban J connectivity index is 1.35. The van der Waals surface area contributed by atoms with Crippen molar-refractivity contribution in [2.75, 3.05) is 76.5 Å². The molecule has 1 atom stereocenters. The SMILES string of the molecule is Cc1ccc(-c2cc3cnc(Nc4ccc(NC5CCN(C)C5)cc4)nc3n(C3CCN(S(C)(=O)=O)CC3)c2=O)c(SCCN(C)C)c1. The molecule has 2 fully saturated rings. The van der Waals surface area contributed by atoms with E-state index in [0.29, 0.717) is 49.1 Å². The van der Waals surface area contributed by atoms with Crippen molar-refractivity contribution >= 4 is 50.1 Å². The summed E-state index contributed by atoms with van der Waals surface area (Å²) in [7, 11) is 2.94. The van der Waals surface area contributed by atoms with Gasteiger partial charge in [-0.1, -0.05) is 12.1 Å². The van der Waals surface area contributed by atoms with Gasteiger partial charge in [0, 0.05) is 83.0 Å². The van der Waals surface area contributed by atoms with Crippen LogP contribution in [0.2, 0.25) is 0 Å². The number of nitrogens with zero attached hydrogens (tertiary/aromatic N) is 6. The molecule has 0 radical (unpaired) electrons. The first-order chi connectivity index (χ1) is 22.9. The van der Waals surface area contributed by atoms with Crippen molar-refractivity contribution in [1.82, 2.24) is 28.6 Å². The Morgan fingerprint density at radius 2 is 1.71 bits per heavy atom. The Morgan fingerprint density at radius 1 is 0.979 bits per heavy atom. The standard InChI is InChI=1S/C35H46N8O3S2/c1-24-6-11-30(32(20-24)47-19-18-40(2)3)31-21-25-22-36-35(38-27-9-7-26(8-10-27)37-28-12-15-41(4)23-28)39-33(25)43(34(31)44)29-13-16-42(17-14-29)48(5,45)46/h6-11,20-22,28-29,37H,12-19,23H2,1-5H3,(H,36,38,39). The average Bonchev–Trinajstić information content (AvgIpc) is 3.45. The molecular weight excluding hydrogens is 645 g/mol. The minimum absolute atomic E-state index is 0.128. The highest BCUT2D eigenvalue weighted by Gasteiger charge is 2.29. The maximum absolute atomic E-state index is 14.6. The van der Waals surface area contributed by atoms with Crippen molar-refractivity contribution in [2.45, 2.75) is 43.2 Å². The number of likely N-dealkylation sites (tertiary alicyclic amines) is 1. The van der Waals surface area contributed by atoms with Crippen LogP contribution in [-0.4, -0.2) is 109 Å². The second kappa shape index (κ2) is 14.6. The molecule has 0 bridgehead atoms. The molecule has 11 nitrogen and oxygen atoms in total. The van der Waals surface area contributed by atoms with Crippen LogP contribution in [0.1, 0.15) is 30.9 Å². The molecule has 256 valence electrons. The molecule has 13 heteroatoms. The summed E-state index contributed by atoms with van der Waals surface area (Å²) < 4.78 is 27.9. The van der Waals surface area contributed by atoms with Crippen LogP contribution < -0.4 is 16.2 Å². The Kier molecular flexibility index (Phi) is 10.4. The Bertz CT molecular complexity index is 1920. The minimum atomic E-state index is -3.32. The van der Waals surface area contributed by atoms with Crippen LogP contribution in [0.25, 0.3) is 22.2 Å². The summed E-state index contributed by atoms with van der Waals surface area (Å²) in [5.41, 5.74) is 4.94. The van der Waals surface area contributed by atoms with Crippen LogP contribution in [-0.2, 0) is 10.0 Å². The minimum Gasteiger partial charge on any atom is -0.381 e. The lowest BCUT2D eigenvalue weighted by atomic mass is 10.0. The second-order valence-corrected chi connectivity index (χ2v) is 16.5. The van der Waals surface area contributed by atoms with E-state index in [1.165, 1.54) is 10.6 Å². The van der Waals surface area contributed by atoms with E-state index in [-0.39, 0.29) is 11.6 Å². The van der Waals surface area contributed by atoms with Crippen LogP contribution in [0.3, 0.4) is 0 Å². The molecular formula is C35H46N8O3S2. The number of sulfonamides is 1. The fraction of sp³-hybridized carbons (Fsp3) is 0.457. The molecule has 2 aromatic carbocycles. The smallest absolute Gasteiger partial charge is 0.260 e. The Hall–Kier alpha value is -3.49. The largest absolute Gasteiger partial charge is 0.381 e. The first kappa shape index (κ1) is 34.4. The number of aryl methyl sites for hydroxylation is 1. The van der Waals surface area contributed by atoms with Crippen molar-refractivity contribution < 1.29 is 8.42 Å². The summed E-state index contributed by atoms with van der Waals surface area (Å²) in [5.74, 6) is 1.29. The number of pyridine rings is 1. The van der Waals surface area contributed by atoms with Crippen molar-refractivity contribution in [3.05, 3.63) is 70.6 Å². The highest BCUT2D eigenvalue weighted by molar-refractivity contribution is 7.99. The zero-order valence-corrected chi connectivity index (χ0v) is 30.1. The summed E-state index contributed by atoms with van der Waals surface area (Å²) in [5, 5.41) is 7.69. The number of benzene rings is 2. The summed E-state index contributed by atoms with van der Waals surface area (Å²) in [6, 6.07) is 16.5. The summed E-state index contributed by atoms with van der Waals surface area (Å²) in [4.78, 5) is 29.7. The molecule has 0 amide bonds. The van der Waals surface area contributed by atoms with E-state index in [2.05, 4.69) is 71.7 Å². The van der Waals surface area contributed by atoms with Crippen molar-refractivity contribution in [1.29, 1.82) is 0 Å². The molecule has 2 N–H and O–H groups in total. The van der Waals surface area contributed by atoms with Gasteiger partial charge in [-0.2, -0.15) is 4.98 Å². The lowest BCUT2D eigenvalue weighted by Crippen LogP contribution is -2.40. The zero-order chi connectivity index (χ0) is 34.0. The normalized spacial score (nSPS) is 18.2. The number of anilines is 3. The van der Waals surface area contributed by atoms with E-state index in [1.807, 2.05) is 30.3 Å². The van der Waals surface area contributed by atoms with Gasteiger partial charge in [0.25, 0.3) is 5.56 Å². The summed E-state index contributed by atoms with van der Waals surface area (Å²) in [6.07, 6.45) is 5.17. The third-order valence-electron chi connectivity index (χ3n) is 9.16. The first-order valence-corrected chi connectivity index (χ1v) is 19.4.